The minimum Gasteiger partial charge on any atom is -0.327 e. The number of para-hydroxylation sites is 1. The molecule has 1 unspecified atom stereocenters. The highest BCUT2D eigenvalue weighted by molar-refractivity contribution is 5.48. The summed E-state index contributed by atoms with van der Waals surface area (Å²) >= 11 is 0. The van der Waals surface area contributed by atoms with Crippen LogP contribution in [0.2, 0.25) is 0 Å². The van der Waals surface area contributed by atoms with Gasteiger partial charge in [0.2, 0.25) is 0 Å². The largest absolute Gasteiger partial charge is 0.327 e. The Kier molecular flexibility index (Phi) is 2.26. The molecule has 3 rings (SSSR count). The number of aromatic nitrogens is 3. The molecule has 0 bridgehead atoms. The maximum absolute atomic E-state index is 6.14. The van der Waals surface area contributed by atoms with Crippen LogP contribution < -0.4 is 5.73 Å². The molecular formula is C13H16N4. The highest BCUT2D eigenvalue weighted by Crippen LogP contribution is 2.51. The summed E-state index contributed by atoms with van der Waals surface area (Å²) in [6.07, 6.45) is 5.70. The Morgan fingerprint density at radius 3 is 2.47 bits per heavy atom. The van der Waals surface area contributed by atoms with E-state index in [2.05, 4.69) is 35.3 Å². The van der Waals surface area contributed by atoms with Crippen molar-refractivity contribution < 1.29 is 0 Å². The zero-order valence-corrected chi connectivity index (χ0v) is 9.87. The Bertz CT molecular complexity index is 512. The second kappa shape index (κ2) is 3.67. The van der Waals surface area contributed by atoms with E-state index in [1.807, 2.05) is 6.07 Å². The third-order valence-corrected chi connectivity index (χ3v) is 3.73. The summed E-state index contributed by atoms with van der Waals surface area (Å²) in [6, 6.07) is 8.44. The number of hydrogen-bond acceptors (Lipinski definition) is 3. The number of nitrogens with zero attached hydrogens (tertiary/aromatic N) is 3. The van der Waals surface area contributed by atoms with E-state index in [0.717, 1.165) is 18.5 Å². The van der Waals surface area contributed by atoms with Crippen LogP contribution in [0.1, 0.15) is 25.3 Å². The second-order valence-electron chi connectivity index (χ2n) is 4.78. The van der Waals surface area contributed by atoms with Gasteiger partial charge in [-0.1, -0.05) is 18.2 Å². The first-order chi connectivity index (χ1) is 8.24. The lowest BCUT2D eigenvalue weighted by Gasteiger charge is -2.22. The van der Waals surface area contributed by atoms with Gasteiger partial charge < -0.3 is 5.73 Å². The van der Waals surface area contributed by atoms with Gasteiger partial charge in [-0.15, -0.1) is 0 Å². The van der Waals surface area contributed by atoms with Gasteiger partial charge in [-0.25, -0.2) is 0 Å². The normalized spacial score (nSPS) is 18.9. The van der Waals surface area contributed by atoms with Crippen molar-refractivity contribution in [2.24, 2.45) is 5.73 Å². The molecule has 1 aromatic carbocycles. The van der Waals surface area contributed by atoms with Crippen LogP contribution in [0.25, 0.3) is 5.69 Å². The molecule has 1 heterocycles. The standard InChI is InChI=1S/C13H16N4/c1-10(14)13(6-7-13)11-4-2-3-5-12(11)17-15-8-9-16-17/h2-5,8-10H,6-7,14H2,1H3. The smallest absolute Gasteiger partial charge is 0.0894 e. The van der Waals surface area contributed by atoms with Crippen molar-refractivity contribution in [2.45, 2.75) is 31.2 Å². The van der Waals surface area contributed by atoms with Crippen LogP contribution in [-0.4, -0.2) is 21.0 Å². The molecule has 0 radical (unpaired) electrons. The molecule has 17 heavy (non-hydrogen) atoms. The third-order valence-electron chi connectivity index (χ3n) is 3.73. The monoisotopic (exact) mass is 228 g/mol. The Morgan fingerprint density at radius 2 is 1.88 bits per heavy atom. The van der Waals surface area contributed by atoms with Gasteiger partial charge in [0.15, 0.2) is 0 Å². The number of rotatable bonds is 3. The fourth-order valence-corrected chi connectivity index (χ4v) is 2.51. The molecule has 0 aliphatic heterocycles. The first kappa shape index (κ1) is 10.5. The molecule has 1 aliphatic carbocycles. The maximum atomic E-state index is 6.14. The van der Waals surface area contributed by atoms with Gasteiger partial charge in [-0.05, 0) is 31.4 Å². The SMILES string of the molecule is CC(N)C1(c2ccccc2-n2nccn2)CC1. The van der Waals surface area contributed by atoms with Crippen LogP contribution in [0.4, 0.5) is 0 Å². The maximum Gasteiger partial charge on any atom is 0.0894 e. The van der Waals surface area contributed by atoms with Crippen LogP contribution in [0.5, 0.6) is 0 Å². The van der Waals surface area contributed by atoms with E-state index in [4.69, 9.17) is 5.73 Å². The fourth-order valence-electron chi connectivity index (χ4n) is 2.51. The van der Waals surface area contributed by atoms with Crippen molar-refractivity contribution in [1.82, 2.24) is 15.0 Å². The average Bonchev–Trinajstić information content (AvgIpc) is 2.98. The van der Waals surface area contributed by atoms with Crippen molar-refractivity contribution in [2.75, 3.05) is 0 Å². The molecule has 1 aromatic heterocycles. The highest BCUT2D eigenvalue weighted by Gasteiger charge is 2.48. The molecular weight excluding hydrogens is 212 g/mol. The summed E-state index contributed by atoms with van der Waals surface area (Å²) in [7, 11) is 0. The molecule has 4 nitrogen and oxygen atoms in total. The Balaban J connectivity index is 2.12. The first-order valence-corrected chi connectivity index (χ1v) is 5.96. The zero-order chi connectivity index (χ0) is 11.9. The van der Waals surface area contributed by atoms with Crippen molar-refractivity contribution in [1.29, 1.82) is 0 Å². The number of hydrogen-bond donors (Lipinski definition) is 1. The molecule has 4 heteroatoms. The van der Waals surface area contributed by atoms with E-state index in [9.17, 15) is 0 Å². The van der Waals surface area contributed by atoms with E-state index >= 15 is 0 Å². The second-order valence-corrected chi connectivity index (χ2v) is 4.78. The van der Waals surface area contributed by atoms with Crippen LogP contribution in [-0.2, 0) is 5.41 Å². The van der Waals surface area contributed by atoms with E-state index in [-0.39, 0.29) is 11.5 Å². The van der Waals surface area contributed by atoms with Crippen LogP contribution in [0.15, 0.2) is 36.7 Å². The van der Waals surface area contributed by atoms with Crippen LogP contribution >= 0.6 is 0 Å². The Labute approximate surface area is 100 Å². The molecule has 2 N–H and O–H groups in total. The molecule has 2 aromatic rings. The molecule has 88 valence electrons. The van der Waals surface area contributed by atoms with Crippen LogP contribution in [0, 0.1) is 0 Å². The Morgan fingerprint density at radius 1 is 1.24 bits per heavy atom. The molecule has 0 amide bonds. The van der Waals surface area contributed by atoms with Crippen LogP contribution in [0.3, 0.4) is 0 Å². The lowest BCUT2D eigenvalue weighted by atomic mass is 9.88. The summed E-state index contributed by atoms with van der Waals surface area (Å²) in [5, 5.41) is 8.43. The summed E-state index contributed by atoms with van der Waals surface area (Å²) in [4.78, 5) is 1.68. The van der Waals surface area contributed by atoms with Gasteiger partial charge in [-0.3, -0.25) is 0 Å². The first-order valence-electron chi connectivity index (χ1n) is 5.96. The lowest BCUT2D eigenvalue weighted by Crippen LogP contribution is -2.32. The predicted molar refractivity (Wildman–Crippen MR) is 65.9 cm³/mol. The van der Waals surface area contributed by atoms with Gasteiger partial charge >= 0.3 is 0 Å². The van der Waals surface area contributed by atoms with Crippen molar-refractivity contribution in [3.8, 4) is 5.69 Å². The van der Waals surface area contributed by atoms with Gasteiger partial charge in [-0.2, -0.15) is 15.0 Å². The third kappa shape index (κ3) is 1.56. The molecule has 0 saturated heterocycles. The van der Waals surface area contributed by atoms with Crippen molar-refractivity contribution in [3.05, 3.63) is 42.2 Å². The number of nitrogens with two attached hydrogens (primary N) is 1. The summed E-state index contributed by atoms with van der Waals surface area (Å²) in [5.74, 6) is 0. The van der Waals surface area contributed by atoms with Gasteiger partial charge in [0.25, 0.3) is 0 Å². The summed E-state index contributed by atoms with van der Waals surface area (Å²) in [6.45, 7) is 2.08. The molecule has 1 aliphatic rings. The Hall–Kier alpha value is -1.68. The zero-order valence-electron chi connectivity index (χ0n) is 9.87. The predicted octanol–water partition coefficient (Wildman–Crippen LogP) is 1.65. The molecule has 1 fully saturated rings. The van der Waals surface area contributed by atoms with Gasteiger partial charge in [0.1, 0.15) is 0 Å². The topological polar surface area (TPSA) is 56.7 Å². The van der Waals surface area contributed by atoms with E-state index in [1.54, 1.807) is 17.2 Å². The highest BCUT2D eigenvalue weighted by atomic mass is 15.5. The minimum atomic E-state index is 0.129. The molecule has 0 spiro atoms. The van der Waals surface area contributed by atoms with E-state index < -0.39 is 0 Å². The molecule has 1 atom stereocenters. The van der Waals surface area contributed by atoms with Gasteiger partial charge in [0, 0.05) is 11.5 Å². The number of benzene rings is 1. The fraction of sp³-hybridized carbons (Fsp3) is 0.385. The van der Waals surface area contributed by atoms with Gasteiger partial charge in [0.05, 0.1) is 18.1 Å². The van der Waals surface area contributed by atoms with E-state index in [0.29, 0.717) is 0 Å². The minimum absolute atomic E-state index is 0.129. The van der Waals surface area contributed by atoms with E-state index in [1.165, 1.54) is 5.56 Å². The van der Waals surface area contributed by atoms with Crippen molar-refractivity contribution in [3.63, 3.8) is 0 Å². The quantitative estimate of drug-likeness (QED) is 0.869. The molecule has 1 saturated carbocycles. The summed E-state index contributed by atoms with van der Waals surface area (Å²) in [5.41, 5.74) is 8.58. The lowest BCUT2D eigenvalue weighted by molar-refractivity contribution is 0.549. The summed E-state index contributed by atoms with van der Waals surface area (Å²) < 4.78 is 0. The van der Waals surface area contributed by atoms with Crippen molar-refractivity contribution >= 4 is 0 Å². The average molecular weight is 228 g/mol.